The van der Waals surface area contributed by atoms with E-state index < -0.39 is 11.8 Å². The molecule has 7 nitrogen and oxygen atoms in total. The molecule has 184 valence electrons. The minimum atomic E-state index is -0.410. The van der Waals surface area contributed by atoms with E-state index >= 15 is 0 Å². The van der Waals surface area contributed by atoms with Crippen molar-refractivity contribution in [1.29, 1.82) is 5.26 Å². The van der Waals surface area contributed by atoms with Gasteiger partial charge in [-0.3, -0.25) is 4.79 Å². The molecule has 1 saturated carbocycles. The van der Waals surface area contributed by atoms with Crippen molar-refractivity contribution in [3.05, 3.63) is 58.9 Å². The summed E-state index contributed by atoms with van der Waals surface area (Å²) >= 11 is 0. The first-order valence-electron chi connectivity index (χ1n) is 11.7. The van der Waals surface area contributed by atoms with E-state index in [2.05, 4.69) is 19.9 Å². The van der Waals surface area contributed by atoms with Gasteiger partial charge in [-0.25, -0.2) is 0 Å². The van der Waals surface area contributed by atoms with Crippen LogP contribution in [-0.4, -0.2) is 33.2 Å². The first-order chi connectivity index (χ1) is 16.6. The standard InChI is InChI=1S/C28H33N3O4/c1-16-7-9-17(10-8-16)24-19(15-29)27(30)31(20-13-28(2,3)14-21(32)25(20)24)18-11-22(33-4)26(35-6)23(12-18)34-5/h7-12,20,24-25H,13-14,30H2,1-6H3. The topological polar surface area (TPSA) is 97.8 Å². The van der Waals surface area contributed by atoms with Gasteiger partial charge in [0.2, 0.25) is 5.75 Å². The molecule has 2 aliphatic rings. The first-order valence-corrected chi connectivity index (χ1v) is 11.7. The zero-order valence-corrected chi connectivity index (χ0v) is 21.2. The summed E-state index contributed by atoms with van der Waals surface area (Å²) in [5.74, 6) is 1.11. The highest BCUT2D eigenvalue weighted by atomic mass is 16.5. The fourth-order valence-electron chi connectivity index (χ4n) is 5.69. The molecule has 2 N–H and O–H groups in total. The maximum absolute atomic E-state index is 13.7. The molecule has 0 spiro atoms. The van der Waals surface area contributed by atoms with Gasteiger partial charge in [0.05, 0.1) is 44.6 Å². The number of rotatable bonds is 5. The van der Waals surface area contributed by atoms with Crippen LogP contribution >= 0.6 is 0 Å². The van der Waals surface area contributed by atoms with E-state index in [0.29, 0.717) is 40.8 Å². The number of ketones is 1. The molecule has 35 heavy (non-hydrogen) atoms. The van der Waals surface area contributed by atoms with Gasteiger partial charge in [-0.1, -0.05) is 43.7 Å². The van der Waals surface area contributed by atoms with Crippen molar-refractivity contribution < 1.29 is 19.0 Å². The number of ether oxygens (including phenoxy) is 3. The van der Waals surface area contributed by atoms with Crippen LogP contribution in [0.5, 0.6) is 17.2 Å². The quantitative estimate of drug-likeness (QED) is 0.670. The Hall–Kier alpha value is -3.66. The molecule has 0 aromatic heterocycles. The van der Waals surface area contributed by atoms with E-state index in [1.807, 2.05) is 48.2 Å². The predicted molar refractivity (Wildman–Crippen MR) is 135 cm³/mol. The molecule has 1 aliphatic heterocycles. The number of fused-ring (bicyclic) bond motifs is 1. The minimum Gasteiger partial charge on any atom is -0.493 e. The lowest BCUT2D eigenvalue weighted by molar-refractivity contribution is -0.129. The Bertz CT molecular complexity index is 1180. The summed E-state index contributed by atoms with van der Waals surface area (Å²) in [5, 5.41) is 10.3. The van der Waals surface area contributed by atoms with E-state index in [4.69, 9.17) is 19.9 Å². The number of hydrogen-bond acceptors (Lipinski definition) is 7. The second kappa shape index (κ2) is 9.18. The van der Waals surface area contributed by atoms with Crippen LogP contribution in [0.15, 0.2) is 47.8 Å². The summed E-state index contributed by atoms with van der Waals surface area (Å²) < 4.78 is 16.6. The Morgan fingerprint density at radius 1 is 1.06 bits per heavy atom. The highest BCUT2D eigenvalue weighted by Gasteiger charge is 2.52. The van der Waals surface area contributed by atoms with Gasteiger partial charge >= 0.3 is 0 Å². The number of aryl methyl sites for hydroxylation is 1. The number of anilines is 1. The summed E-state index contributed by atoms with van der Waals surface area (Å²) in [6.07, 6.45) is 1.19. The molecule has 1 heterocycles. The molecule has 3 atom stereocenters. The number of Topliss-reactive ketones (excluding diaryl/α,β-unsaturated/α-hetero) is 1. The molecule has 1 fully saturated rings. The Kier molecular flexibility index (Phi) is 6.42. The number of hydrogen-bond donors (Lipinski definition) is 1. The van der Waals surface area contributed by atoms with Gasteiger partial charge in [0.15, 0.2) is 11.5 Å². The minimum absolute atomic E-state index is 0.148. The summed E-state index contributed by atoms with van der Waals surface area (Å²) in [5.41, 5.74) is 9.71. The Labute approximate surface area is 207 Å². The van der Waals surface area contributed by atoms with Crippen LogP contribution < -0.4 is 24.8 Å². The van der Waals surface area contributed by atoms with Gasteiger partial charge in [-0.2, -0.15) is 5.26 Å². The van der Waals surface area contributed by atoms with Crippen LogP contribution in [0.4, 0.5) is 5.69 Å². The average Bonchev–Trinajstić information content (AvgIpc) is 2.82. The molecular formula is C28H33N3O4. The second-order valence-electron chi connectivity index (χ2n) is 10.2. The highest BCUT2D eigenvalue weighted by Crippen LogP contribution is 2.52. The maximum atomic E-state index is 13.7. The van der Waals surface area contributed by atoms with Crippen molar-refractivity contribution in [2.24, 2.45) is 17.1 Å². The van der Waals surface area contributed by atoms with E-state index in [0.717, 1.165) is 17.5 Å². The highest BCUT2D eigenvalue weighted by molar-refractivity contribution is 5.87. The predicted octanol–water partition coefficient (Wildman–Crippen LogP) is 4.69. The number of benzene rings is 2. The number of nitriles is 1. The molecule has 2 aromatic rings. The van der Waals surface area contributed by atoms with Crippen LogP contribution in [0.25, 0.3) is 0 Å². The van der Waals surface area contributed by atoms with E-state index in [1.54, 1.807) is 21.3 Å². The number of allylic oxidation sites excluding steroid dienone is 1. The van der Waals surface area contributed by atoms with Crippen molar-refractivity contribution in [3.63, 3.8) is 0 Å². The summed E-state index contributed by atoms with van der Waals surface area (Å²) in [6.45, 7) is 6.23. The maximum Gasteiger partial charge on any atom is 0.203 e. The molecule has 0 amide bonds. The van der Waals surface area contributed by atoms with Crippen LogP contribution in [0.3, 0.4) is 0 Å². The third kappa shape index (κ3) is 4.18. The Morgan fingerprint density at radius 3 is 2.17 bits per heavy atom. The fourth-order valence-corrected chi connectivity index (χ4v) is 5.69. The molecule has 3 unspecified atom stereocenters. The van der Waals surface area contributed by atoms with Crippen LogP contribution in [0.1, 0.15) is 43.7 Å². The average molecular weight is 476 g/mol. The third-order valence-corrected chi connectivity index (χ3v) is 7.22. The molecule has 7 heteroatoms. The lowest BCUT2D eigenvalue weighted by Crippen LogP contribution is -2.56. The molecular weight excluding hydrogens is 442 g/mol. The van der Waals surface area contributed by atoms with Crippen molar-refractivity contribution >= 4 is 11.5 Å². The van der Waals surface area contributed by atoms with Gasteiger partial charge in [0, 0.05) is 30.5 Å². The van der Waals surface area contributed by atoms with Crippen LogP contribution in [-0.2, 0) is 4.79 Å². The third-order valence-electron chi connectivity index (χ3n) is 7.22. The number of carbonyl (C=O) groups excluding carboxylic acids is 1. The van der Waals surface area contributed by atoms with Gasteiger partial charge in [0.1, 0.15) is 11.6 Å². The number of nitrogens with zero attached hydrogens (tertiary/aromatic N) is 2. The van der Waals surface area contributed by atoms with Crippen LogP contribution in [0.2, 0.25) is 0 Å². The molecule has 0 bridgehead atoms. The van der Waals surface area contributed by atoms with Gasteiger partial charge in [0.25, 0.3) is 0 Å². The van der Waals surface area contributed by atoms with E-state index in [-0.39, 0.29) is 17.2 Å². The lowest BCUT2D eigenvalue weighted by atomic mass is 9.61. The smallest absolute Gasteiger partial charge is 0.203 e. The van der Waals surface area contributed by atoms with Crippen molar-refractivity contribution in [3.8, 4) is 23.3 Å². The number of carbonyl (C=O) groups is 1. The van der Waals surface area contributed by atoms with Crippen LogP contribution in [0, 0.1) is 29.6 Å². The van der Waals surface area contributed by atoms with Gasteiger partial charge < -0.3 is 24.8 Å². The fraction of sp³-hybridized carbons (Fsp3) is 0.429. The van der Waals surface area contributed by atoms with E-state index in [1.165, 1.54) is 0 Å². The van der Waals surface area contributed by atoms with Crippen molar-refractivity contribution in [1.82, 2.24) is 0 Å². The van der Waals surface area contributed by atoms with Gasteiger partial charge in [-0.05, 0) is 24.3 Å². The molecule has 0 radical (unpaired) electrons. The summed E-state index contributed by atoms with van der Waals surface area (Å²) in [6, 6.07) is 13.8. The molecule has 2 aromatic carbocycles. The summed E-state index contributed by atoms with van der Waals surface area (Å²) in [7, 11) is 4.66. The molecule has 1 aliphatic carbocycles. The normalized spacial score (nSPS) is 23.4. The SMILES string of the molecule is COc1cc(N2C(N)=C(C#N)C(c3ccc(C)cc3)C3C(=O)CC(C)(C)CC32)cc(OC)c1OC. The molecule has 0 saturated heterocycles. The zero-order chi connectivity index (χ0) is 25.5. The van der Waals surface area contributed by atoms with Crippen molar-refractivity contribution in [2.75, 3.05) is 26.2 Å². The summed E-state index contributed by atoms with van der Waals surface area (Å²) in [4.78, 5) is 15.6. The first kappa shape index (κ1) is 24.5. The monoisotopic (exact) mass is 475 g/mol. The zero-order valence-electron chi connectivity index (χ0n) is 21.2. The Balaban J connectivity index is 1.97. The van der Waals surface area contributed by atoms with Crippen molar-refractivity contribution in [2.45, 2.75) is 45.6 Å². The second-order valence-corrected chi connectivity index (χ2v) is 10.2. The number of methoxy groups -OCH3 is 3. The number of nitrogens with two attached hydrogens (primary N) is 1. The largest absolute Gasteiger partial charge is 0.493 e. The Morgan fingerprint density at radius 2 is 1.66 bits per heavy atom. The van der Waals surface area contributed by atoms with Gasteiger partial charge in [-0.15, -0.1) is 0 Å². The van der Waals surface area contributed by atoms with E-state index in [9.17, 15) is 10.1 Å². The lowest BCUT2D eigenvalue weighted by Gasteiger charge is -2.51. The molecule has 4 rings (SSSR count).